The number of anilines is 2. The Hall–Kier alpha value is -3.40. The number of carbonyl (C=O) groups excluding carboxylic acids is 1. The summed E-state index contributed by atoms with van der Waals surface area (Å²) >= 11 is 0. The Bertz CT molecular complexity index is 1120. The van der Waals surface area contributed by atoms with Gasteiger partial charge in [-0.1, -0.05) is 0 Å². The van der Waals surface area contributed by atoms with Crippen molar-refractivity contribution in [1.82, 2.24) is 20.1 Å². The van der Waals surface area contributed by atoms with Gasteiger partial charge >= 0.3 is 12.4 Å². The molecule has 2 N–H and O–H groups in total. The number of aromatic nitrogens is 3. The average molecular weight is 552 g/mol. The molecule has 3 heterocycles. The summed E-state index contributed by atoms with van der Waals surface area (Å²) in [6.07, 6.45) is -7.75. The molecule has 1 atom stereocenters. The van der Waals surface area contributed by atoms with Gasteiger partial charge < -0.3 is 24.6 Å². The highest BCUT2D eigenvalue weighted by molar-refractivity contribution is 5.76. The van der Waals surface area contributed by atoms with Gasteiger partial charge in [-0.05, 0) is 12.1 Å². The van der Waals surface area contributed by atoms with Crippen LogP contribution < -0.4 is 15.8 Å². The number of nitrogens with zero attached hydrogens (tertiary/aromatic N) is 4. The molecule has 0 unspecified atom stereocenters. The second-order valence-corrected chi connectivity index (χ2v) is 8.38. The topological polar surface area (TPSA) is 113 Å². The number of hydrogen-bond acceptors (Lipinski definition) is 8. The number of ether oxygens (including phenoxy) is 2. The average Bonchev–Trinajstić information content (AvgIpc) is 2.85. The van der Waals surface area contributed by atoms with Crippen molar-refractivity contribution in [3.63, 3.8) is 0 Å². The molecule has 16 heteroatoms. The van der Waals surface area contributed by atoms with E-state index in [1.165, 1.54) is 13.2 Å². The van der Waals surface area contributed by atoms with E-state index in [1.54, 1.807) is 14.9 Å². The Labute approximate surface area is 212 Å². The fourth-order valence-electron chi connectivity index (χ4n) is 3.81. The molecule has 0 saturated carbocycles. The molecular weight excluding hydrogens is 526 g/mol. The number of carbonyl (C=O) groups is 1. The molecule has 0 aliphatic carbocycles. The van der Waals surface area contributed by atoms with E-state index in [-0.39, 0.29) is 32.1 Å². The Morgan fingerprint density at radius 2 is 1.79 bits per heavy atom. The third-order valence-corrected chi connectivity index (χ3v) is 5.68. The number of piperazine rings is 1. The fourth-order valence-corrected chi connectivity index (χ4v) is 3.81. The molecule has 1 amide bonds. The summed E-state index contributed by atoms with van der Waals surface area (Å²) in [6, 6.07) is 1.48. The molecule has 2 aromatic rings. The third-order valence-electron chi connectivity index (χ3n) is 5.68. The summed E-state index contributed by atoms with van der Waals surface area (Å²) in [5, 5.41) is 7.70. The van der Waals surface area contributed by atoms with E-state index in [4.69, 9.17) is 9.47 Å². The maximum Gasteiger partial charge on any atom is 0.423 e. The van der Waals surface area contributed by atoms with Gasteiger partial charge in [0.15, 0.2) is 0 Å². The number of amides is 1. The van der Waals surface area contributed by atoms with Crippen molar-refractivity contribution in [2.24, 2.45) is 0 Å². The lowest BCUT2D eigenvalue weighted by Crippen LogP contribution is -2.49. The smallest absolute Gasteiger partial charge is 0.382 e. The second kappa shape index (κ2) is 12.4. The lowest BCUT2D eigenvalue weighted by atomic mass is 10.2. The number of alkyl halides is 6. The van der Waals surface area contributed by atoms with Gasteiger partial charge in [0.05, 0.1) is 49.7 Å². The molecule has 1 aliphatic rings. The number of H-pyrrole nitrogens is 1. The van der Waals surface area contributed by atoms with Crippen molar-refractivity contribution in [2.75, 3.05) is 63.3 Å². The number of methoxy groups -OCH3 is 1. The maximum atomic E-state index is 13.3. The van der Waals surface area contributed by atoms with Crippen LogP contribution in [-0.2, 0) is 26.6 Å². The van der Waals surface area contributed by atoms with Crippen LogP contribution in [0.25, 0.3) is 0 Å². The summed E-state index contributed by atoms with van der Waals surface area (Å²) in [5.41, 5.74) is -4.18. The van der Waals surface area contributed by atoms with Crippen LogP contribution in [0.2, 0.25) is 0 Å². The SMILES string of the molecule is COC[C@@H](COCCC(=O)N1CCN(c2ccc(C(F)(F)F)cn2)CC1)Nc1cn[nH]c(=O)c1C(F)(F)F. The van der Waals surface area contributed by atoms with Crippen molar-refractivity contribution >= 4 is 17.4 Å². The van der Waals surface area contributed by atoms with E-state index < -0.39 is 40.8 Å². The van der Waals surface area contributed by atoms with Gasteiger partial charge in [0, 0.05) is 39.5 Å². The van der Waals surface area contributed by atoms with Crippen molar-refractivity contribution in [2.45, 2.75) is 24.8 Å². The Balaban J connectivity index is 1.45. The molecule has 1 aliphatic heterocycles. The predicted molar refractivity (Wildman–Crippen MR) is 123 cm³/mol. The molecule has 0 radical (unpaired) electrons. The van der Waals surface area contributed by atoms with Crippen molar-refractivity contribution in [1.29, 1.82) is 0 Å². The van der Waals surface area contributed by atoms with Crippen molar-refractivity contribution < 1.29 is 40.6 Å². The van der Waals surface area contributed by atoms with Crippen LogP contribution in [0.5, 0.6) is 0 Å². The molecule has 38 heavy (non-hydrogen) atoms. The van der Waals surface area contributed by atoms with Crippen molar-refractivity contribution in [3.05, 3.63) is 46.0 Å². The minimum absolute atomic E-state index is 0.0125. The van der Waals surface area contributed by atoms with Gasteiger partial charge in [0.25, 0.3) is 5.56 Å². The zero-order valence-electron chi connectivity index (χ0n) is 20.2. The number of pyridine rings is 1. The van der Waals surface area contributed by atoms with Gasteiger partial charge in [-0.3, -0.25) is 9.59 Å². The molecule has 3 rings (SSSR count). The first-order valence-corrected chi connectivity index (χ1v) is 11.4. The summed E-state index contributed by atoms with van der Waals surface area (Å²) in [4.78, 5) is 31.4. The van der Waals surface area contributed by atoms with Gasteiger partial charge in [0.2, 0.25) is 5.91 Å². The normalized spacial score (nSPS) is 15.4. The Morgan fingerprint density at radius 3 is 2.37 bits per heavy atom. The van der Waals surface area contributed by atoms with Gasteiger partial charge in [-0.2, -0.15) is 31.4 Å². The first-order chi connectivity index (χ1) is 17.9. The third kappa shape index (κ3) is 7.80. The van der Waals surface area contributed by atoms with Crippen molar-refractivity contribution in [3.8, 4) is 0 Å². The largest absolute Gasteiger partial charge is 0.423 e. The highest BCUT2D eigenvalue weighted by Gasteiger charge is 2.38. The summed E-state index contributed by atoms with van der Waals surface area (Å²) in [5.74, 6) is 0.175. The monoisotopic (exact) mass is 552 g/mol. The zero-order valence-corrected chi connectivity index (χ0v) is 20.2. The Kier molecular flexibility index (Phi) is 9.54. The zero-order chi connectivity index (χ0) is 27.9. The first kappa shape index (κ1) is 29.2. The van der Waals surface area contributed by atoms with E-state index in [0.29, 0.717) is 32.0 Å². The minimum Gasteiger partial charge on any atom is -0.382 e. The van der Waals surface area contributed by atoms with E-state index >= 15 is 0 Å². The highest BCUT2D eigenvalue weighted by atomic mass is 19.4. The van der Waals surface area contributed by atoms with Crippen LogP contribution in [-0.4, -0.2) is 85.1 Å². The number of aromatic amines is 1. The molecule has 10 nitrogen and oxygen atoms in total. The predicted octanol–water partition coefficient (Wildman–Crippen LogP) is 2.38. The molecule has 2 aromatic heterocycles. The number of hydrogen-bond donors (Lipinski definition) is 2. The quantitative estimate of drug-likeness (QED) is 0.342. The fraction of sp³-hybridized carbons (Fsp3) is 0.545. The summed E-state index contributed by atoms with van der Waals surface area (Å²) in [6.45, 7) is 1.28. The van der Waals surface area contributed by atoms with E-state index in [1.807, 2.05) is 0 Å². The maximum absolute atomic E-state index is 13.3. The number of rotatable bonds is 10. The molecule has 0 bridgehead atoms. The lowest BCUT2D eigenvalue weighted by Gasteiger charge is -2.35. The molecule has 0 spiro atoms. The van der Waals surface area contributed by atoms with Crippen LogP contribution in [0.1, 0.15) is 17.5 Å². The van der Waals surface area contributed by atoms with Gasteiger partial charge in [-0.25, -0.2) is 10.1 Å². The van der Waals surface area contributed by atoms with Crippen LogP contribution >= 0.6 is 0 Å². The lowest BCUT2D eigenvalue weighted by molar-refractivity contribution is -0.138. The van der Waals surface area contributed by atoms with Crippen LogP contribution in [0.4, 0.5) is 37.8 Å². The van der Waals surface area contributed by atoms with E-state index in [0.717, 1.165) is 18.5 Å². The Morgan fingerprint density at radius 1 is 1.08 bits per heavy atom. The van der Waals surface area contributed by atoms with Crippen LogP contribution in [0.3, 0.4) is 0 Å². The first-order valence-electron chi connectivity index (χ1n) is 11.4. The molecule has 210 valence electrons. The van der Waals surface area contributed by atoms with E-state index in [2.05, 4.69) is 15.4 Å². The minimum atomic E-state index is -4.91. The molecule has 1 fully saturated rings. The molecule has 1 saturated heterocycles. The standard InChI is InChI=1S/C22H26F6N6O4/c1-37-12-15(31-16-11-30-32-20(36)19(16)22(26,27)28)13-38-9-4-18(35)34-7-5-33(6-8-34)17-3-2-14(10-29-17)21(23,24)25/h2-3,10-11,15H,4-9,12-13H2,1H3,(H2,31,32,36)/t15-/m0/s1. The summed E-state index contributed by atoms with van der Waals surface area (Å²) < 4.78 is 88.4. The molecular formula is C22H26F6N6O4. The van der Waals surface area contributed by atoms with Crippen LogP contribution in [0, 0.1) is 0 Å². The van der Waals surface area contributed by atoms with Crippen LogP contribution in [0.15, 0.2) is 29.3 Å². The highest BCUT2D eigenvalue weighted by Crippen LogP contribution is 2.32. The molecule has 0 aromatic carbocycles. The second-order valence-electron chi connectivity index (χ2n) is 8.38. The van der Waals surface area contributed by atoms with E-state index in [9.17, 15) is 35.9 Å². The number of halogens is 6. The van der Waals surface area contributed by atoms with Gasteiger partial charge in [-0.15, -0.1) is 0 Å². The van der Waals surface area contributed by atoms with Gasteiger partial charge in [0.1, 0.15) is 11.4 Å². The summed E-state index contributed by atoms with van der Waals surface area (Å²) in [7, 11) is 1.35. The number of nitrogens with one attached hydrogen (secondary N) is 2.